The highest BCUT2D eigenvalue weighted by Crippen LogP contribution is 2.26. The molecule has 0 aromatic rings. The van der Waals surface area contributed by atoms with E-state index in [2.05, 4.69) is 17.1 Å². The van der Waals surface area contributed by atoms with Crippen LogP contribution < -0.4 is 5.32 Å². The van der Waals surface area contributed by atoms with Gasteiger partial charge in [-0.05, 0) is 24.6 Å². The van der Waals surface area contributed by atoms with E-state index in [9.17, 15) is 0 Å². The summed E-state index contributed by atoms with van der Waals surface area (Å²) in [5, 5.41) is 3.50. The molecule has 2 rings (SSSR count). The summed E-state index contributed by atoms with van der Waals surface area (Å²) in [4.78, 5) is 0. The first-order valence-corrected chi connectivity index (χ1v) is 4.42. The first kappa shape index (κ1) is 5.12. The van der Waals surface area contributed by atoms with Crippen molar-refractivity contribution in [2.24, 2.45) is 5.92 Å². The Morgan fingerprint density at radius 3 is 3.12 bits per heavy atom. The number of rotatable bonds is 0. The molecule has 2 aliphatic rings. The van der Waals surface area contributed by atoms with E-state index in [1.54, 1.807) is 0 Å². The Morgan fingerprint density at radius 2 is 2.38 bits per heavy atom. The van der Waals surface area contributed by atoms with Gasteiger partial charge in [-0.3, -0.25) is 0 Å². The van der Waals surface area contributed by atoms with Gasteiger partial charge in [0.05, 0.1) is 0 Å². The molecule has 1 N–H and O–H groups in total. The van der Waals surface area contributed by atoms with E-state index >= 15 is 0 Å². The summed E-state index contributed by atoms with van der Waals surface area (Å²) >= 11 is 2.11. The molecule has 2 unspecified atom stereocenters. The molecule has 0 radical (unpaired) electrons. The minimum absolute atomic E-state index is 0.874. The van der Waals surface area contributed by atoms with Crippen molar-refractivity contribution in [3.63, 3.8) is 0 Å². The molecule has 2 fully saturated rings. The summed E-state index contributed by atoms with van der Waals surface area (Å²) in [7, 11) is 0. The predicted octanol–water partition coefficient (Wildman–Crippen LogP) is 0.711. The van der Waals surface area contributed by atoms with Crippen molar-refractivity contribution in [2.75, 3.05) is 18.1 Å². The maximum Gasteiger partial charge on any atom is 0.0161 e. The Morgan fingerprint density at radius 1 is 1.38 bits per heavy atom. The molecule has 0 spiro atoms. The maximum absolute atomic E-state index is 3.50. The van der Waals surface area contributed by atoms with Crippen molar-refractivity contribution in [1.82, 2.24) is 5.32 Å². The van der Waals surface area contributed by atoms with Gasteiger partial charge in [-0.15, -0.1) is 0 Å². The van der Waals surface area contributed by atoms with Gasteiger partial charge in [0.15, 0.2) is 0 Å². The van der Waals surface area contributed by atoms with Crippen LogP contribution in [-0.4, -0.2) is 24.1 Å². The zero-order valence-corrected chi connectivity index (χ0v) is 5.71. The van der Waals surface area contributed by atoms with Crippen molar-refractivity contribution in [3.8, 4) is 0 Å². The van der Waals surface area contributed by atoms with Gasteiger partial charge >= 0.3 is 0 Å². The molecule has 0 saturated carbocycles. The van der Waals surface area contributed by atoms with Crippen LogP contribution in [0.3, 0.4) is 0 Å². The molecule has 46 valence electrons. The quantitative estimate of drug-likeness (QED) is 0.517. The molecule has 0 aliphatic carbocycles. The second-order valence-electron chi connectivity index (χ2n) is 2.74. The fourth-order valence-electron chi connectivity index (χ4n) is 1.53. The average molecular weight is 129 g/mol. The molecule has 2 aliphatic heterocycles. The predicted molar refractivity (Wildman–Crippen MR) is 37.2 cm³/mol. The van der Waals surface area contributed by atoms with Crippen LogP contribution in [0, 0.1) is 5.92 Å². The summed E-state index contributed by atoms with van der Waals surface area (Å²) < 4.78 is 0. The average Bonchev–Trinajstić information content (AvgIpc) is 2.12. The van der Waals surface area contributed by atoms with E-state index in [-0.39, 0.29) is 0 Å². The summed E-state index contributed by atoms with van der Waals surface area (Å²) in [6.45, 7) is 1.29. The molecule has 1 nitrogen and oxygen atoms in total. The second-order valence-corrected chi connectivity index (χ2v) is 3.82. The van der Waals surface area contributed by atoms with Gasteiger partial charge in [-0.1, -0.05) is 0 Å². The van der Waals surface area contributed by atoms with Crippen LogP contribution in [0.1, 0.15) is 6.42 Å². The van der Waals surface area contributed by atoms with Crippen LogP contribution in [0.5, 0.6) is 0 Å². The largest absolute Gasteiger partial charge is 0.313 e. The number of hydrogen-bond donors (Lipinski definition) is 1. The lowest BCUT2D eigenvalue weighted by atomic mass is 10.1. The number of hydrogen-bond acceptors (Lipinski definition) is 2. The zero-order valence-electron chi connectivity index (χ0n) is 4.89. The highest BCUT2D eigenvalue weighted by Gasteiger charge is 2.27. The number of fused-ring (bicyclic) bond motifs is 2. The van der Waals surface area contributed by atoms with Crippen molar-refractivity contribution in [1.29, 1.82) is 0 Å². The van der Waals surface area contributed by atoms with Gasteiger partial charge in [0.1, 0.15) is 0 Å². The first-order chi connectivity index (χ1) is 3.95. The summed E-state index contributed by atoms with van der Waals surface area (Å²) in [5.74, 6) is 3.78. The zero-order chi connectivity index (χ0) is 5.40. The Balaban J connectivity index is 2.03. The van der Waals surface area contributed by atoms with Gasteiger partial charge < -0.3 is 5.32 Å². The van der Waals surface area contributed by atoms with E-state index in [1.807, 2.05) is 0 Å². The molecule has 0 aromatic carbocycles. The third-order valence-corrected chi connectivity index (χ3v) is 3.33. The number of thioether (sulfide) groups is 1. The molecule has 8 heavy (non-hydrogen) atoms. The van der Waals surface area contributed by atoms with Crippen LogP contribution in [-0.2, 0) is 0 Å². The van der Waals surface area contributed by atoms with Crippen LogP contribution in [0.15, 0.2) is 0 Å². The van der Waals surface area contributed by atoms with Crippen molar-refractivity contribution in [3.05, 3.63) is 0 Å². The van der Waals surface area contributed by atoms with Crippen LogP contribution >= 0.6 is 11.8 Å². The second kappa shape index (κ2) is 1.92. The topological polar surface area (TPSA) is 12.0 Å². The smallest absolute Gasteiger partial charge is 0.0161 e. The van der Waals surface area contributed by atoms with E-state index in [1.165, 1.54) is 24.5 Å². The molecule has 2 bridgehead atoms. The molecule has 2 atom stereocenters. The fourth-order valence-corrected chi connectivity index (χ4v) is 2.80. The van der Waals surface area contributed by atoms with Gasteiger partial charge in [0, 0.05) is 11.8 Å². The highest BCUT2D eigenvalue weighted by atomic mass is 32.2. The summed E-state index contributed by atoms with van der Waals surface area (Å²) in [6.07, 6.45) is 1.45. The van der Waals surface area contributed by atoms with Crippen LogP contribution in [0.4, 0.5) is 0 Å². The Hall–Kier alpha value is 0.310. The third-order valence-electron chi connectivity index (χ3n) is 1.99. The normalized spacial score (nSPS) is 45.0. The van der Waals surface area contributed by atoms with E-state index in [0.717, 1.165) is 12.0 Å². The van der Waals surface area contributed by atoms with E-state index in [0.29, 0.717) is 0 Å². The first-order valence-electron chi connectivity index (χ1n) is 3.26. The monoisotopic (exact) mass is 129 g/mol. The minimum atomic E-state index is 0.874. The van der Waals surface area contributed by atoms with Gasteiger partial charge in [-0.2, -0.15) is 11.8 Å². The van der Waals surface area contributed by atoms with Gasteiger partial charge in [0.2, 0.25) is 0 Å². The van der Waals surface area contributed by atoms with E-state index < -0.39 is 0 Å². The lowest BCUT2D eigenvalue weighted by Crippen LogP contribution is -2.23. The Bertz CT molecular complexity index is 80.5. The lowest BCUT2D eigenvalue weighted by molar-refractivity contribution is 0.617. The highest BCUT2D eigenvalue weighted by molar-refractivity contribution is 7.99. The van der Waals surface area contributed by atoms with Crippen molar-refractivity contribution >= 4 is 11.8 Å². The molecule has 0 aromatic heterocycles. The van der Waals surface area contributed by atoms with E-state index in [4.69, 9.17) is 0 Å². The Kier molecular flexibility index (Phi) is 1.23. The van der Waals surface area contributed by atoms with Crippen molar-refractivity contribution in [2.45, 2.75) is 12.5 Å². The third kappa shape index (κ3) is 0.759. The Labute approximate surface area is 54.2 Å². The van der Waals surface area contributed by atoms with Gasteiger partial charge in [0.25, 0.3) is 0 Å². The fraction of sp³-hybridized carbons (Fsp3) is 1.00. The molecular formula is C6H11NS. The SMILES string of the molecule is C1NC2CSCC1C2. The molecule has 2 heteroatoms. The van der Waals surface area contributed by atoms with Gasteiger partial charge in [-0.25, -0.2) is 0 Å². The summed E-state index contributed by atoms with van der Waals surface area (Å²) in [5.41, 5.74) is 0. The lowest BCUT2D eigenvalue weighted by Gasteiger charge is -2.15. The molecule has 2 heterocycles. The minimum Gasteiger partial charge on any atom is -0.313 e. The van der Waals surface area contributed by atoms with Crippen LogP contribution in [0.25, 0.3) is 0 Å². The van der Waals surface area contributed by atoms with Crippen molar-refractivity contribution < 1.29 is 0 Å². The van der Waals surface area contributed by atoms with Crippen LogP contribution in [0.2, 0.25) is 0 Å². The maximum atomic E-state index is 3.50. The summed E-state index contributed by atoms with van der Waals surface area (Å²) in [6, 6.07) is 0.874. The molecular weight excluding hydrogens is 118 g/mol. The number of nitrogens with one attached hydrogen (secondary N) is 1. The standard InChI is InChI=1S/C6H11NS/c1-5-2-7-6(1)4-8-3-5/h5-7H,1-4H2. The molecule has 2 saturated heterocycles. The molecule has 0 amide bonds.